The van der Waals surface area contributed by atoms with E-state index in [0.717, 1.165) is 0 Å². The van der Waals surface area contributed by atoms with E-state index >= 15 is 0 Å². The van der Waals surface area contributed by atoms with Crippen molar-refractivity contribution in [2.45, 2.75) is 46.6 Å². The molecule has 0 aromatic heterocycles. The van der Waals surface area contributed by atoms with Gasteiger partial charge in [-0.25, -0.2) is 0 Å². The van der Waals surface area contributed by atoms with Crippen molar-refractivity contribution in [3.8, 4) is 0 Å². The van der Waals surface area contributed by atoms with Crippen LogP contribution in [0.5, 0.6) is 0 Å². The molecule has 0 aliphatic heterocycles. The maximum atomic E-state index is 11.5. The third-order valence-electron chi connectivity index (χ3n) is 2.00. The average Bonchev–Trinajstić information content (AvgIpc) is 2.14. The Kier molecular flexibility index (Phi) is 7.59. The van der Waals surface area contributed by atoms with Crippen LogP contribution >= 0.6 is 0 Å². The van der Waals surface area contributed by atoms with Gasteiger partial charge in [-0.1, -0.05) is 6.92 Å². The summed E-state index contributed by atoms with van der Waals surface area (Å²) in [6.45, 7) is 10.4. The first-order chi connectivity index (χ1) is 8.24. The second-order valence-electron chi connectivity index (χ2n) is 5.33. The summed E-state index contributed by atoms with van der Waals surface area (Å²) in [4.78, 5) is 22.6. The van der Waals surface area contributed by atoms with Gasteiger partial charge in [0.2, 0.25) is 0 Å². The fourth-order valence-corrected chi connectivity index (χ4v) is 1.37. The van der Waals surface area contributed by atoms with E-state index in [9.17, 15) is 9.59 Å². The van der Waals surface area contributed by atoms with Gasteiger partial charge in [-0.3, -0.25) is 9.59 Å². The average molecular weight is 259 g/mol. The molecule has 0 bridgehead atoms. The number of carbonyl (C=O) groups is 2. The van der Waals surface area contributed by atoms with Gasteiger partial charge in [0.25, 0.3) is 0 Å². The molecule has 0 aromatic carbocycles. The van der Waals surface area contributed by atoms with Crippen molar-refractivity contribution >= 4 is 11.9 Å². The summed E-state index contributed by atoms with van der Waals surface area (Å²) in [5, 5.41) is 2.96. The number of nitrogens with one attached hydrogen (secondary N) is 1. The lowest BCUT2D eigenvalue weighted by molar-refractivity contribution is -0.155. The van der Waals surface area contributed by atoms with E-state index in [1.807, 2.05) is 27.7 Å². The highest BCUT2D eigenvalue weighted by molar-refractivity contribution is 5.71. The van der Waals surface area contributed by atoms with Gasteiger partial charge in [-0.15, -0.1) is 0 Å². The van der Waals surface area contributed by atoms with Crippen molar-refractivity contribution in [3.63, 3.8) is 0 Å². The summed E-state index contributed by atoms with van der Waals surface area (Å²) in [7, 11) is 0. The first-order valence-electron chi connectivity index (χ1n) is 6.32. The van der Waals surface area contributed by atoms with E-state index in [1.54, 1.807) is 6.92 Å². The number of hydrogen-bond donors (Lipinski definition) is 1. The minimum atomic E-state index is -0.449. The SMILES string of the molecule is CCOC(=O)CNCC(C)CC(=O)OC(C)(C)C. The van der Waals surface area contributed by atoms with Crippen LogP contribution in [0.3, 0.4) is 0 Å². The normalized spacial score (nSPS) is 12.9. The predicted molar refractivity (Wildman–Crippen MR) is 69.1 cm³/mol. The molecule has 0 aliphatic carbocycles. The Morgan fingerprint density at radius 1 is 1.22 bits per heavy atom. The Balaban J connectivity index is 3.74. The summed E-state index contributed by atoms with van der Waals surface area (Å²) >= 11 is 0. The Morgan fingerprint density at radius 2 is 1.83 bits per heavy atom. The molecule has 0 saturated heterocycles. The molecule has 0 aromatic rings. The van der Waals surface area contributed by atoms with E-state index in [1.165, 1.54) is 0 Å². The van der Waals surface area contributed by atoms with Crippen LogP contribution in [-0.4, -0.2) is 37.2 Å². The lowest BCUT2D eigenvalue weighted by Crippen LogP contribution is -2.31. The van der Waals surface area contributed by atoms with Gasteiger partial charge >= 0.3 is 11.9 Å². The Labute approximate surface area is 109 Å². The molecular formula is C13H25NO4. The largest absolute Gasteiger partial charge is 0.465 e. The van der Waals surface area contributed by atoms with Crippen molar-refractivity contribution < 1.29 is 19.1 Å². The first kappa shape index (κ1) is 16.9. The molecule has 0 amide bonds. The molecule has 0 aliphatic rings. The number of hydrogen-bond acceptors (Lipinski definition) is 5. The van der Waals surface area contributed by atoms with Crippen molar-refractivity contribution in [2.24, 2.45) is 5.92 Å². The quantitative estimate of drug-likeness (QED) is 0.702. The molecule has 18 heavy (non-hydrogen) atoms. The minimum absolute atomic E-state index is 0.120. The van der Waals surface area contributed by atoms with Gasteiger partial charge in [0, 0.05) is 6.42 Å². The molecule has 0 radical (unpaired) electrons. The fourth-order valence-electron chi connectivity index (χ4n) is 1.37. The van der Waals surface area contributed by atoms with Crippen molar-refractivity contribution in [3.05, 3.63) is 0 Å². The number of carbonyl (C=O) groups excluding carboxylic acids is 2. The van der Waals surface area contributed by atoms with Crippen molar-refractivity contribution in [1.29, 1.82) is 0 Å². The summed E-state index contributed by atoms with van der Waals surface area (Å²) in [6.07, 6.45) is 0.340. The topological polar surface area (TPSA) is 64.6 Å². The van der Waals surface area contributed by atoms with E-state index < -0.39 is 5.60 Å². The predicted octanol–water partition coefficient (Wildman–Crippen LogP) is 1.51. The van der Waals surface area contributed by atoms with E-state index in [0.29, 0.717) is 19.6 Å². The molecule has 1 unspecified atom stereocenters. The molecule has 1 atom stereocenters. The van der Waals surface area contributed by atoms with Crippen LogP contribution < -0.4 is 5.32 Å². The molecule has 5 heteroatoms. The molecule has 0 spiro atoms. The summed E-state index contributed by atoms with van der Waals surface area (Å²) in [6, 6.07) is 0. The molecule has 0 fully saturated rings. The van der Waals surface area contributed by atoms with Crippen LogP contribution in [-0.2, 0) is 19.1 Å². The maximum Gasteiger partial charge on any atom is 0.319 e. The summed E-state index contributed by atoms with van der Waals surface area (Å²) < 4.78 is 9.99. The Morgan fingerprint density at radius 3 is 2.33 bits per heavy atom. The maximum absolute atomic E-state index is 11.5. The van der Waals surface area contributed by atoms with E-state index in [-0.39, 0.29) is 24.4 Å². The van der Waals surface area contributed by atoms with Gasteiger partial charge in [-0.05, 0) is 40.2 Å². The number of rotatable bonds is 7. The van der Waals surface area contributed by atoms with Crippen LogP contribution in [0.4, 0.5) is 0 Å². The highest BCUT2D eigenvalue weighted by atomic mass is 16.6. The summed E-state index contributed by atoms with van der Waals surface area (Å²) in [5.74, 6) is -0.371. The zero-order chi connectivity index (χ0) is 14.2. The van der Waals surface area contributed by atoms with Gasteiger partial charge in [0.05, 0.1) is 13.2 Å². The van der Waals surface area contributed by atoms with Gasteiger partial charge < -0.3 is 14.8 Å². The number of esters is 2. The molecule has 5 nitrogen and oxygen atoms in total. The fraction of sp³-hybridized carbons (Fsp3) is 0.846. The Bertz CT molecular complexity index is 271. The second-order valence-corrected chi connectivity index (χ2v) is 5.33. The molecule has 0 heterocycles. The molecule has 0 rings (SSSR count). The third-order valence-corrected chi connectivity index (χ3v) is 2.00. The second kappa shape index (κ2) is 8.08. The van der Waals surface area contributed by atoms with Gasteiger partial charge in [0.1, 0.15) is 5.60 Å². The van der Waals surface area contributed by atoms with Crippen LogP contribution in [0.25, 0.3) is 0 Å². The zero-order valence-corrected chi connectivity index (χ0v) is 12.0. The minimum Gasteiger partial charge on any atom is -0.465 e. The molecule has 106 valence electrons. The van der Waals surface area contributed by atoms with Crippen LogP contribution in [0, 0.1) is 5.92 Å². The lowest BCUT2D eigenvalue weighted by atomic mass is 10.1. The van der Waals surface area contributed by atoms with Crippen LogP contribution in [0.1, 0.15) is 41.0 Å². The molecule has 0 saturated carbocycles. The highest BCUT2D eigenvalue weighted by Gasteiger charge is 2.18. The van der Waals surface area contributed by atoms with Gasteiger partial charge in [0.15, 0.2) is 0 Å². The van der Waals surface area contributed by atoms with Crippen LogP contribution in [0.2, 0.25) is 0 Å². The summed E-state index contributed by atoms with van der Waals surface area (Å²) in [5.41, 5.74) is -0.449. The van der Waals surface area contributed by atoms with E-state index in [2.05, 4.69) is 5.32 Å². The van der Waals surface area contributed by atoms with Crippen LogP contribution in [0.15, 0.2) is 0 Å². The molecule has 1 N–H and O–H groups in total. The zero-order valence-electron chi connectivity index (χ0n) is 12.0. The van der Waals surface area contributed by atoms with Crippen molar-refractivity contribution in [1.82, 2.24) is 5.32 Å². The third kappa shape index (κ3) is 10.1. The van der Waals surface area contributed by atoms with E-state index in [4.69, 9.17) is 9.47 Å². The monoisotopic (exact) mass is 259 g/mol. The standard InChI is InChI=1S/C13H25NO4/c1-6-17-12(16)9-14-8-10(2)7-11(15)18-13(3,4)5/h10,14H,6-9H2,1-5H3. The molecular weight excluding hydrogens is 234 g/mol. The highest BCUT2D eigenvalue weighted by Crippen LogP contribution is 2.11. The Hall–Kier alpha value is -1.10. The van der Waals surface area contributed by atoms with Gasteiger partial charge in [-0.2, -0.15) is 0 Å². The lowest BCUT2D eigenvalue weighted by Gasteiger charge is -2.21. The number of ether oxygens (including phenoxy) is 2. The first-order valence-corrected chi connectivity index (χ1v) is 6.32. The smallest absolute Gasteiger partial charge is 0.319 e. The van der Waals surface area contributed by atoms with Crippen molar-refractivity contribution in [2.75, 3.05) is 19.7 Å².